The van der Waals surface area contributed by atoms with Gasteiger partial charge in [-0.2, -0.15) is 0 Å². The molecule has 0 aliphatic carbocycles. The number of anilines is 1. The summed E-state index contributed by atoms with van der Waals surface area (Å²) in [6.45, 7) is 4.88. The summed E-state index contributed by atoms with van der Waals surface area (Å²) in [5.74, 6) is 0.477. The fraction of sp³-hybridized carbons (Fsp3) is 0.778. The number of nitrogens with zero attached hydrogens (tertiary/aromatic N) is 3. The van der Waals surface area contributed by atoms with Crippen LogP contribution in [0.3, 0.4) is 0 Å². The Bertz CT molecular complexity index is 275. The van der Waals surface area contributed by atoms with Crippen molar-refractivity contribution in [2.24, 2.45) is 0 Å². The van der Waals surface area contributed by atoms with Crippen LogP contribution in [0.4, 0.5) is 6.01 Å². The van der Waals surface area contributed by atoms with Gasteiger partial charge < -0.3 is 9.32 Å². The number of unbranched alkanes of at least 4 members (excludes halogenated alkanes) is 1. The van der Waals surface area contributed by atoms with Crippen molar-refractivity contribution in [3.8, 4) is 0 Å². The van der Waals surface area contributed by atoms with Gasteiger partial charge in [-0.1, -0.05) is 18.4 Å². The first-order chi connectivity index (χ1) is 6.65. The van der Waals surface area contributed by atoms with E-state index in [9.17, 15) is 0 Å². The molecule has 0 aromatic carbocycles. The van der Waals surface area contributed by atoms with E-state index in [0.717, 1.165) is 19.4 Å². The molecule has 0 saturated carbocycles. The minimum Gasteiger partial charge on any atom is -0.406 e. The maximum Gasteiger partial charge on any atom is 0.317 e. The molecule has 0 saturated heterocycles. The van der Waals surface area contributed by atoms with Crippen LogP contribution in [0.25, 0.3) is 0 Å². The van der Waals surface area contributed by atoms with Gasteiger partial charge in [0.05, 0.1) is 0 Å². The first-order valence-corrected chi connectivity index (χ1v) is 5.27. The van der Waals surface area contributed by atoms with Crippen LogP contribution in [-0.4, -0.2) is 23.8 Å². The summed E-state index contributed by atoms with van der Waals surface area (Å²) in [5, 5.41) is 7.54. The second kappa shape index (κ2) is 5.20. The molecule has 0 aliphatic heterocycles. The van der Waals surface area contributed by atoms with Gasteiger partial charge in [0.2, 0.25) is 5.89 Å². The molecular weight excluding hydrogens is 202 g/mol. The fourth-order valence-corrected chi connectivity index (χ4v) is 1.12. The standard InChI is InChI=1S/C9H16ClN3O/c1-4-5-6-13(3)9-12-11-8(14-9)7(2)10/h7H,4-6H2,1-3H3. The minimum atomic E-state index is -0.226. The van der Waals surface area contributed by atoms with Gasteiger partial charge in [0.1, 0.15) is 5.38 Å². The van der Waals surface area contributed by atoms with Gasteiger partial charge in [-0.25, -0.2) is 0 Å². The van der Waals surface area contributed by atoms with Gasteiger partial charge in [-0.15, -0.1) is 16.7 Å². The molecule has 1 rings (SSSR count). The highest BCUT2D eigenvalue weighted by molar-refractivity contribution is 6.20. The van der Waals surface area contributed by atoms with Crippen LogP contribution < -0.4 is 4.90 Å². The van der Waals surface area contributed by atoms with Crippen LogP contribution in [0.2, 0.25) is 0 Å². The number of hydrogen-bond acceptors (Lipinski definition) is 4. The molecule has 0 bridgehead atoms. The molecule has 0 radical (unpaired) electrons. The van der Waals surface area contributed by atoms with Gasteiger partial charge in [0.15, 0.2) is 0 Å². The Morgan fingerprint density at radius 2 is 2.21 bits per heavy atom. The van der Waals surface area contributed by atoms with Gasteiger partial charge in [0, 0.05) is 13.6 Å². The molecule has 0 aliphatic rings. The molecule has 0 amide bonds. The van der Waals surface area contributed by atoms with Crippen molar-refractivity contribution >= 4 is 17.6 Å². The summed E-state index contributed by atoms with van der Waals surface area (Å²) in [6.07, 6.45) is 2.27. The van der Waals surface area contributed by atoms with Crippen LogP contribution >= 0.6 is 11.6 Å². The second-order valence-corrected chi connectivity index (χ2v) is 3.97. The van der Waals surface area contributed by atoms with E-state index in [-0.39, 0.29) is 5.38 Å². The van der Waals surface area contributed by atoms with Crippen molar-refractivity contribution in [2.45, 2.75) is 32.1 Å². The Balaban J connectivity index is 2.57. The first kappa shape index (κ1) is 11.3. The van der Waals surface area contributed by atoms with Crippen LogP contribution in [-0.2, 0) is 0 Å². The predicted octanol–water partition coefficient (Wildman–Crippen LogP) is 2.61. The molecule has 1 heterocycles. The molecule has 0 spiro atoms. The lowest BCUT2D eigenvalue weighted by molar-refractivity contribution is 0.488. The average molecular weight is 218 g/mol. The highest BCUT2D eigenvalue weighted by atomic mass is 35.5. The van der Waals surface area contributed by atoms with Crippen molar-refractivity contribution in [1.82, 2.24) is 10.2 Å². The topological polar surface area (TPSA) is 42.2 Å². The predicted molar refractivity (Wildman–Crippen MR) is 56.7 cm³/mol. The smallest absolute Gasteiger partial charge is 0.317 e. The summed E-state index contributed by atoms with van der Waals surface area (Å²) < 4.78 is 5.38. The van der Waals surface area contributed by atoms with Crippen molar-refractivity contribution in [3.63, 3.8) is 0 Å². The minimum absolute atomic E-state index is 0.226. The molecule has 1 unspecified atom stereocenters. The van der Waals surface area contributed by atoms with Crippen LogP contribution in [0.15, 0.2) is 4.42 Å². The number of alkyl halides is 1. The molecule has 1 aromatic rings. The van der Waals surface area contributed by atoms with E-state index in [1.807, 2.05) is 18.9 Å². The average Bonchev–Trinajstić information content (AvgIpc) is 2.62. The van der Waals surface area contributed by atoms with Gasteiger partial charge in [-0.05, 0) is 13.3 Å². The molecule has 0 N–H and O–H groups in total. The highest BCUT2D eigenvalue weighted by Gasteiger charge is 2.13. The zero-order valence-electron chi connectivity index (χ0n) is 8.83. The lowest BCUT2D eigenvalue weighted by Crippen LogP contribution is -2.18. The Labute approximate surface area is 89.3 Å². The Kier molecular flexibility index (Phi) is 4.20. The first-order valence-electron chi connectivity index (χ1n) is 4.83. The number of aromatic nitrogens is 2. The lowest BCUT2D eigenvalue weighted by Gasteiger charge is -2.12. The molecule has 4 nitrogen and oxygen atoms in total. The molecule has 14 heavy (non-hydrogen) atoms. The van der Waals surface area contributed by atoms with E-state index in [0.29, 0.717) is 11.9 Å². The van der Waals surface area contributed by atoms with Gasteiger partial charge in [-0.3, -0.25) is 0 Å². The van der Waals surface area contributed by atoms with E-state index in [4.69, 9.17) is 16.0 Å². The molecule has 0 fully saturated rings. The lowest BCUT2D eigenvalue weighted by atomic mass is 10.3. The highest BCUT2D eigenvalue weighted by Crippen LogP contribution is 2.20. The quantitative estimate of drug-likeness (QED) is 0.711. The van der Waals surface area contributed by atoms with Crippen molar-refractivity contribution in [2.75, 3.05) is 18.5 Å². The van der Waals surface area contributed by atoms with E-state index >= 15 is 0 Å². The number of halogens is 1. The summed E-state index contributed by atoms with van der Waals surface area (Å²) in [7, 11) is 1.94. The van der Waals surface area contributed by atoms with Crippen LogP contribution in [0.5, 0.6) is 0 Å². The summed E-state index contributed by atoms with van der Waals surface area (Å²) in [4.78, 5) is 1.94. The number of hydrogen-bond donors (Lipinski definition) is 0. The van der Waals surface area contributed by atoms with Crippen LogP contribution in [0, 0.1) is 0 Å². The molecule has 1 atom stereocenters. The van der Waals surface area contributed by atoms with E-state index < -0.39 is 0 Å². The Morgan fingerprint density at radius 3 is 2.71 bits per heavy atom. The maximum atomic E-state index is 5.81. The summed E-state index contributed by atoms with van der Waals surface area (Å²) >= 11 is 5.81. The van der Waals surface area contributed by atoms with Gasteiger partial charge in [0.25, 0.3) is 0 Å². The molecular formula is C9H16ClN3O. The largest absolute Gasteiger partial charge is 0.406 e. The zero-order valence-corrected chi connectivity index (χ0v) is 9.58. The van der Waals surface area contributed by atoms with E-state index in [2.05, 4.69) is 17.1 Å². The number of rotatable bonds is 5. The summed E-state index contributed by atoms with van der Waals surface area (Å²) in [5.41, 5.74) is 0. The van der Waals surface area contributed by atoms with E-state index in [1.54, 1.807) is 0 Å². The van der Waals surface area contributed by atoms with Crippen LogP contribution in [0.1, 0.15) is 38.0 Å². The molecule has 5 heteroatoms. The fourth-order valence-electron chi connectivity index (χ4n) is 1.03. The van der Waals surface area contributed by atoms with Crippen molar-refractivity contribution < 1.29 is 4.42 Å². The zero-order chi connectivity index (χ0) is 10.6. The van der Waals surface area contributed by atoms with Crippen molar-refractivity contribution in [1.29, 1.82) is 0 Å². The Hall–Kier alpha value is -0.770. The van der Waals surface area contributed by atoms with E-state index in [1.165, 1.54) is 0 Å². The third-order valence-electron chi connectivity index (χ3n) is 1.94. The molecule has 1 aromatic heterocycles. The maximum absolute atomic E-state index is 5.81. The van der Waals surface area contributed by atoms with Gasteiger partial charge >= 0.3 is 6.01 Å². The monoisotopic (exact) mass is 217 g/mol. The third kappa shape index (κ3) is 2.87. The Morgan fingerprint density at radius 1 is 1.50 bits per heavy atom. The normalized spacial score (nSPS) is 12.9. The molecule has 80 valence electrons. The van der Waals surface area contributed by atoms with Crippen molar-refractivity contribution in [3.05, 3.63) is 5.89 Å². The third-order valence-corrected chi connectivity index (χ3v) is 2.13. The SMILES string of the molecule is CCCCN(C)c1nnc(C(C)Cl)o1. The summed E-state index contributed by atoms with van der Waals surface area (Å²) in [6, 6.07) is 0.543. The second-order valence-electron chi connectivity index (χ2n) is 3.31.